The Morgan fingerprint density at radius 1 is 1.15 bits per heavy atom. The minimum Gasteiger partial charge on any atom is -0.481 e. The van der Waals surface area contributed by atoms with Crippen molar-refractivity contribution in [1.82, 2.24) is 0 Å². The highest BCUT2D eigenvalue weighted by Gasteiger charge is 2.52. The molecule has 4 heteroatoms. The van der Waals surface area contributed by atoms with Crippen molar-refractivity contribution in [2.45, 2.75) is 43.9 Å². The van der Waals surface area contributed by atoms with Crippen LogP contribution in [0.2, 0.25) is 0 Å². The molecule has 0 bridgehead atoms. The average molecular weight is 273 g/mol. The Hall–Kier alpha value is -1.84. The summed E-state index contributed by atoms with van der Waals surface area (Å²) in [7, 11) is 0. The zero-order valence-electron chi connectivity index (χ0n) is 11.5. The number of aliphatic carboxylic acids is 1. The molecule has 1 saturated carbocycles. The number of hydrogen-bond acceptors (Lipinski definition) is 2. The number of para-hydroxylation sites is 1. The molecule has 1 N–H and O–H groups in total. The van der Waals surface area contributed by atoms with E-state index in [1.54, 1.807) is 0 Å². The first-order chi connectivity index (χ1) is 9.62. The van der Waals surface area contributed by atoms with Gasteiger partial charge in [-0.3, -0.25) is 9.59 Å². The molecule has 0 aromatic heterocycles. The maximum atomic E-state index is 12.3. The van der Waals surface area contributed by atoms with Crippen LogP contribution >= 0.6 is 0 Å². The number of carbonyl (C=O) groups excluding carboxylic acids is 1. The first-order valence-corrected chi connectivity index (χ1v) is 7.24. The molecule has 1 aromatic carbocycles. The number of carbonyl (C=O) groups is 2. The van der Waals surface area contributed by atoms with E-state index in [2.05, 4.69) is 6.07 Å². The van der Waals surface area contributed by atoms with E-state index in [-0.39, 0.29) is 17.7 Å². The van der Waals surface area contributed by atoms with Gasteiger partial charge in [0.25, 0.3) is 0 Å². The van der Waals surface area contributed by atoms with Crippen LogP contribution in [0.1, 0.15) is 44.1 Å². The van der Waals surface area contributed by atoms with Crippen LogP contribution < -0.4 is 4.90 Å². The van der Waals surface area contributed by atoms with Crippen molar-refractivity contribution in [2.75, 3.05) is 11.4 Å². The van der Waals surface area contributed by atoms with Gasteiger partial charge in [0.05, 0.1) is 0 Å². The summed E-state index contributed by atoms with van der Waals surface area (Å²) in [5.74, 6) is -0.660. The van der Waals surface area contributed by atoms with Crippen molar-refractivity contribution in [3.05, 3.63) is 29.8 Å². The third-order valence-electron chi connectivity index (χ3n) is 4.41. The third kappa shape index (κ3) is 2.30. The van der Waals surface area contributed by atoms with E-state index in [0.29, 0.717) is 19.3 Å². The zero-order chi connectivity index (χ0) is 14.2. The van der Waals surface area contributed by atoms with Crippen LogP contribution in [0.4, 0.5) is 5.69 Å². The van der Waals surface area contributed by atoms with Gasteiger partial charge in [0, 0.05) is 30.5 Å². The molecule has 106 valence electrons. The second-order valence-corrected chi connectivity index (χ2v) is 5.88. The Bertz CT molecular complexity index is 548. The first kappa shape index (κ1) is 13.2. The number of rotatable bonds is 5. The molecule has 1 amide bonds. The van der Waals surface area contributed by atoms with Crippen molar-refractivity contribution in [3.63, 3.8) is 0 Å². The molecular weight excluding hydrogens is 254 g/mol. The largest absolute Gasteiger partial charge is 0.481 e. The Morgan fingerprint density at radius 2 is 1.85 bits per heavy atom. The number of hydrogen-bond donors (Lipinski definition) is 1. The van der Waals surface area contributed by atoms with Gasteiger partial charge in [-0.2, -0.15) is 0 Å². The highest BCUT2D eigenvalue weighted by Crippen LogP contribution is 2.56. The lowest BCUT2D eigenvalue weighted by Gasteiger charge is -2.17. The second-order valence-electron chi connectivity index (χ2n) is 5.88. The van der Waals surface area contributed by atoms with Gasteiger partial charge in [-0.1, -0.05) is 18.2 Å². The third-order valence-corrected chi connectivity index (χ3v) is 4.41. The van der Waals surface area contributed by atoms with Gasteiger partial charge in [-0.15, -0.1) is 0 Å². The number of benzene rings is 1. The molecule has 0 radical (unpaired) electrons. The number of fused-ring (bicyclic) bond motifs is 2. The molecule has 1 aliphatic heterocycles. The average Bonchev–Trinajstić information content (AvgIpc) is 3.13. The quantitative estimate of drug-likeness (QED) is 0.839. The van der Waals surface area contributed by atoms with Crippen molar-refractivity contribution < 1.29 is 14.7 Å². The van der Waals surface area contributed by atoms with Gasteiger partial charge in [-0.25, -0.2) is 0 Å². The van der Waals surface area contributed by atoms with Crippen LogP contribution in [0, 0.1) is 0 Å². The second kappa shape index (κ2) is 4.93. The Kier molecular flexibility index (Phi) is 3.24. The molecule has 1 heterocycles. The topological polar surface area (TPSA) is 57.6 Å². The summed E-state index contributed by atoms with van der Waals surface area (Å²) in [5, 5.41) is 8.60. The number of amides is 1. The minimum atomic E-state index is -0.791. The number of nitrogens with zero attached hydrogens (tertiary/aromatic N) is 1. The molecule has 1 fully saturated rings. The van der Waals surface area contributed by atoms with E-state index in [9.17, 15) is 9.59 Å². The van der Waals surface area contributed by atoms with E-state index >= 15 is 0 Å². The summed E-state index contributed by atoms with van der Waals surface area (Å²) >= 11 is 0. The van der Waals surface area contributed by atoms with Crippen LogP contribution in [-0.2, 0) is 15.0 Å². The molecule has 0 saturated heterocycles. The van der Waals surface area contributed by atoms with Crippen LogP contribution in [-0.4, -0.2) is 23.5 Å². The van der Waals surface area contributed by atoms with Gasteiger partial charge in [0.15, 0.2) is 0 Å². The predicted octanol–water partition coefficient (Wildman–Crippen LogP) is 2.71. The van der Waals surface area contributed by atoms with Gasteiger partial charge in [0.1, 0.15) is 0 Å². The minimum absolute atomic E-state index is 0.131. The predicted molar refractivity (Wildman–Crippen MR) is 75.8 cm³/mol. The summed E-state index contributed by atoms with van der Waals surface area (Å²) in [6.45, 7) is 0.810. The van der Waals surface area contributed by atoms with E-state index in [1.807, 2.05) is 23.1 Å². The molecule has 1 aromatic rings. The maximum absolute atomic E-state index is 12.3. The molecule has 0 atom stereocenters. The molecular formula is C16H19NO3. The van der Waals surface area contributed by atoms with Crippen LogP contribution in [0.5, 0.6) is 0 Å². The highest BCUT2D eigenvalue weighted by molar-refractivity contribution is 5.96. The van der Waals surface area contributed by atoms with Gasteiger partial charge >= 0.3 is 5.97 Å². The van der Waals surface area contributed by atoms with Crippen LogP contribution in [0.3, 0.4) is 0 Å². The number of anilines is 1. The normalized spacial score (nSPS) is 18.1. The van der Waals surface area contributed by atoms with Crippen LogP contribution in [0.15, 0.2) is 24.3 Å². The summed E-state index contributed by atoms with van der Waals surface area (Å²) < 4.78 is 0. The Morgan fingerprint density at radius 3 is 2.55 bits per heavy atom. The molecule has 3 rings (SSSR count). The zero-order valence-corrected chi connectivity index (χ0v) is 11.5. The number of carboxylic acids is 1. The van der Waals surface area contributed by atoms with E-state index < -0.39 is 5.97 Å². The molecule has 1 spiro atoms. The van der Waals surface area contributed by atoms with E-state index in [4.69, 9.17) is 5.11 Å². The van der Waals surface area contributed by atoms with Crippen molar-refractivity contribution in [2.24, 2.45) is 0 Å². The number of carboxylic acid groups (broad SMARTS) is 1. The van der Waals surface area contributed by atoms with Crippen molar-refractivity contribution >= 4 is 17.6 Å². The molecule has 4 nitrogen and oxygen atoms in total. The smallest absolute Gasteiger partial charge is 0.303 e. The van der Waals surface area contributed by atoms with Crippen LogP contribution in [0.25, 0.3) is 0 Å². The fourth-order valence-electron chi connectivity index (χ4n) is 3.12. The maximum Gasteiger partial charge on any atom is 0.303 e. The lowest BCUT2D eigenvalue weighted by atomic mass is 9.99. The summed E-state index contributed by atoms with van der Waals surface area (Å²) in [6.07, 6.45) is 4.16. The fraction of sp³-hybridized carbons (Fsp3) is 0.500. The van der Waals surface area contributed by atoms with Gasteiger partial charge < -0.3 is 10.0 Å². The molecule has 1 aliphatic carbocycles. The molecule has 2 aliphatic rings. The number of unbranched alkanes of at least 4 members (excludes halogenated alkanes) is 1. The van der Waals surface area contributed by atoms with Crippen molar-refractivity contribution in [1.29, 1.82) is 0 Å². The SMILES string of the molecule is O=C(O)CCCCC(=O)N1CC2(CC2)c2ccccc21. The monoisotopic (exact) mass is 273 g/mol. The first-order valence-electron chi connectivity index (χ1n) is 7.24. The van der Waals surface area contributed by atoms with E-state index in [0.717, 1.165) is 12.2 Å². The summed E-state index contributed by atoms with van der Waals surface area (Å²) in [6, 6.07) is 8.18. The lowest BCUT2D eigenvalue weighted by Crippen LogP contribution is -2.31. The lowest BCUT2D eigenvalue weighted by molar-refractivity contribution is -0.137. The fourth-order valence-corrected chi connectivity index (χ4v) is 3.12. The molecule has 20 heavy (non-hydrogen) atoms. The standard InChI is InChI=1S/C16H19NO3/c18-14(7-3-4-8-15(19)20)17-11-16(9-10-16)12-5-1-2-6-13(12)17/h1-2,5-6H,3-4,7-11H2,(H,19,20). The molecule has 0 unspecified atom stereocenters. The van der Waals surface area contributed by atoms with E-state index in [1.165, 1.54) is 18.4 Å². The highest BCUT2D eigenvalue weighted by atomic mass is 16.4. The summed E-state index contributed by atoms with van der Waals surface area (Å²) in [5.41, 5.74) is 2.61. The Balaban J connectivity index is 1.64. The summed E-state index contributed by atoms with van der Waals surface area (Å²) in [4.78, 5) is 24.7. The Labute approximate surface area is 118 Å². The van der Waals surface area contributed by atoms with Crippen molar-refractivity contribution in [3.8, 4) is 0 Å². The van der Waals surface area contributed by atoms with Gasteiger partial charge in [0.2, 0.25) is 5.91 Å². The van der Waals surface area contributed by atoms with Gasteiger partial charge in [-0.05, 0) is 37.3 Å².